The van der Waals surface area contributed by atoms with E-state index in [9.17, 15) is 18.0 Å². The van der Waals surface area contributed by atoms with Gasteiger partial charge in [-0.1, -0.05) is 36.4 Å². The van der Waals surface area contributed by atoms with Gasteiger partial charge in [0.05, 0.1) is 11.4 Å². The Morgan fingerprint density at radius 3 is 2.15 bits per heavy atom. The highest BCUT2D eigenvalue weighted by Gasteiger charge is 2.27. The van der Waals surface area contributed by atoms with Crippen LogP contribution in [0.3, 0.4) is 0 Å². The standard InChI is InChI=1S/C25H32N2O5S/c1-19-5-4-15-26(19)16-14-22-6-8-23(9-7-22)24-10-12-25(13-11-24)33(30,31)27(20(2)28)17-18-32-21(3)29/h6-13,19H,4-5,14-18H2,1-3H3. The molecule has 0 bridgehead atoms. The third kappa shape index (κ3) is 6.42. The first-order chi connectivity index (χ1) is 15.7. The van der Waals surface area contributed by atoms with Gasteiger partial charge in [-0.3, -0.25) is 9.59 Å². The van der Waals surface area contributed by atoms with Crippen molar-refractivity contribution in [1.82, 2.24) is 9.21 Å². The Balaban J connectivity index is 1.67. The summed E-state index contributed by atoms with van der Waals surface area (Å²) < 4.78 is 31.3. The summed E-state index contributed by atoms with van der Waals surface area (Å²) in [6.07, 6.45) is 3.57. The fourth-order valence-electron chi connectivity index (χ4n) is 4.13. The Kier molecular flexibility index (Phi) is 8.26. The maximum absolute atomic E-state index is 12.9. The highest BCUT2D eigenvalue weighted by Crippen LogP contribution is 2.24. The third-order valence-corrected chi connectivity index (χ3v) is 7.95. The average Bonchev–Trinajstić information content (AvgIpc) is 3.20. The number of amides is 1. The summed E-state index contributed by atoms with van der Waals surface area (Å²) in [5.41, 5.74) is 3.17. The molecule has 0 aromatic heterocycles. The molecule has 1 aliphatic heterocycles. The lowest BCUT2D eigenvalue weighted by Crippen LogP contribution is -2.38. The van der Waals surface area contributed by atoms with Crippen LogP contribution < -0.4 is 0 Å². The van der Waals surface area contributed by atoms with Crippen molar-refractivity contribution < 1.29 is 22.7 Å². The van der Waals surface area contributed by atoms with E-state index in [-0.39, 0.29) is 18.0 Å². The van der Waals surface area contributed by atoms with Crippen molar-refractivity contribution in [1.29, 1.82) is 0 Å². The van der Waals surface area contributed by atoms with Crippen LogP contribution in [-0.2, 0) is 30.8 Å². The summed E-state index contributed by atoms with van der Waals surface area (Å²) >= 11 is 0. The topological polar surface area (TPSA) is 84.0 Å². The molecular formula is C25H32N2O5S. The molecule has 1 saturated heterocycles. The molecule has 0 saturated carbocycles. The second kappa shape index (κ2) is 10.9. The van der Waals surface area contributed by atoms with Crippen LogP contribution in [0.1, 0.15) is 39.2 Å². The van der Waals surface area contributed by atoms with E-state index >= 15 is 0 Å². The van der Waals surface area contributed by atoms with Crippen molar-refractivity contribution in [2.24, 2.45) is 0 Å². The first-order valence-electron chi connectivity index (χ1n) is 11.3. The largest absolute Gasteiger partial charge is 0.464 e. The molecule has 1 aliphatic rings. The highest BCUT2D eigenvalue weighted by molar-refractivity contribution is 7.89. The lowest BCUT2D eigenvalue weighted by Gasteiger charge is -2.21. The average molecular weight is 473 g/mol. The molecule has 8 heteroatoms. The van der Waals surface area contributed by atoms with Crippen molar-refractivity contribution in [2.45, 2.75) is 51.0 Å². The Labute approximate surface area is 196 Å². The molecule has 0 spiro atoms. The van der Waals surface area contributed by atoms with Crippen molar-refractivity contribution in [3.05, 3.63) is 54.1 Å². The number of carbonyl (C=O) groups is 2. The van der Waals surface area contributed by atoms with E-state index in [1.54, 1.807) is 12.1 Å². The van der Waals surface area contributed by atoms with Crippen LogP contribution in [0.25, 0.3) is 11.1 Å². The van der Waals surface area contributed by atoms with Gasteiger partial charge in [-0.2, -0.15) is 0 Å². The minimum absolute atomic E-state index is 0.0145. The van der Waals surface area contributed by atoms with E-state index in [1.807, 2.05) is 12.1 Å². The van der Waals surface area contributed by atoms with Gasteiger partial charge in [-0.05, 0) is 61.6 Å². The normalized spacial score (nSPS) is 16.5. The maximum atomic E-state index is 12.9. The number of rotatable bonds is 9. The second-order valence-electron chi connectivity index (χ2n) is 8.43. The Morgan fingerprint density at radius 2 is 1.64 bits per heavy atom. The van der Waals surface area contributed by atoms with Gasteiger partial charge in [0.15, 0.2) is 0 Å². The molecule has 2 aromatic rings. The van der Waals surface area contributed by atoms with Crippen LogP contribution in [-0.4, -0.2) is 61.8 Å². The Hall–Kier alpha value is -2.71. The van der Waals surface area contributed by atoms with Gasteiger partial charge in [-0.25, -0.2) is 12.7 Å². The molecule has 178 valence electrons. The van der Waals surface area contributed by atoms with Gasteiger partial charge in [0.2, 0.25) is 5.91 Å². The number of nitrogens with zero attached hydrogens (tertiary/aromatic N) is 2. The summed E-state index contributed by atoms with van der Waals surface area (Å²) in [6.45, 7) is 6.52. The molecule has 0 N–H and O–H groups in total. The summed E-state index contributed by atoms with van der Waals surface area (Å²) in [5.74, 6) is -1.16. The zero-order valence-corrected chi connectivity index (χ0v) is 20.3. The van der Waals surface area contributed by atoms with Gasteiger partial charge in [-0.15, -0.1) is 0 Å². The Bertz CT molecular complexity index is 1060. The van der Waals surface area contributed by atoms with Crippen LogP contribution in [0.15, 0.2) is 53.4 Å². The molecular weight excluding hydrogens is 440 g/mol. The predicted octanol–water partition coefficient (Wildman–Crippen LogP) is 3.48. The second-order valence-corrected chi connectivity index (χ2v) is 10.3. The highest BCUT2D eigenvalue weighted by atomic mass is 32.2. The quantitative estimate of drug-likeness (QED) is 0.520. The fourth-order valence-corrected chi connectivity index (χ4v) is 5.52. The lowest BCUT2D eigenvalue weighted by atomic mass is 10.0. The molecule has 7 nitrogen and oxygen atoms in total. The molecule has 1 fully saturated rings. The van der Waals surface area contributed by atoms with E-state index in [1.165, 1.54) is 50.9 Å². The monoisotopic (exact) mass is 472 g/mol. The number of likely N-dealkylation sites (tertiary alicyclic amines) is 1. The number of hydrogen-bond acceptors (Lipinski definition) is 6. The lowest BCUT2D eigenvalue weighted by molar-refractivity contribution is -0.142. The van der Waals surface area contributed by atoms with E-state index in [2.05, 4.69) is 24.0 Å². The molecule has 1 unspecified atom stereocenters. The zero-order valence-electron chi connectivity index (χ0n) is 19.5. The predicted molar refractivity (Wildman–Crippen MR) is 127 cm³/mol. The number of carbonyl (C=O) groups excluding carboxylic acids is 2. The molecule has 3 rings (SSSR count). The van der Waals surface area contributed by atoms with E-state index in [0.29, 0.717) is 6.04 Å². The van der Waals surface area contributed by atoms with Gasteiger partial charge in [0.25, 0.3) is 10.0 Å². The minimum Gasteiger partial charge on any atom is -0.464 e. The summed E-state index contributed by atoms with van der Waals surface area (Å²) in [7, 11) is -4.04. The summed E-state index contributed by atoms with van der Waals surface area (Å²) in [4.78, 5) is 25.4. The van der Waals surface area contributed by atoms with Crippen LogP contribution in [0.4, 0.5) is 0 Å². The third-order valence-electron chi connectivity index (χ3n) is 6.06. The molecule has 1 heterocycles. The van der Waals surface area contributed by atoms with Crippen LogP contribution in [0.2, 0.25) is 0 Å². The van der Waals surface area contributed by atoms with E-state index in [0.717, 1.165) is 28.4 Å². The van der Waals surface area contributed by atoms with Gasteiger partial charge >= 0.3 is 5.97 Å². The van der Waals surface area contributed by atoms with Gasteiger partial charge < -0.3 is 9.64 Å². The SMILES string of the molecule is CC(=O)OCCN(C(C)=O)S(=O)(=O)c1ccc(-c2ccc(CCN3CCCC3C)cc2)cc1. The first-order valence-corrected chi connectivity index (χ1v) is 12.7. The molecule has 0 aliphatic carbocycles. The number of esters is 1. The maximum Gasteiger partial charge on any atom is 0.302 e. The van der Waals surface area contributed by atoms with Crippen LogP contribution >= 0.6 is 0 Å². The summed E-state index contributed by atoms with van der Waals surface area (Å²) in [5, 5.41) is 0. The van der Waals surface area contributed by atoms with Gasteiger partial charge in [0, 0.05) is 26.4 Å². The molecule has 1 atom stereocenters. The molecule has 1 amide bonds. The first kappa shape index (κ1) is 24.9. The molecule has 33 heavy (non-hydrogen) atoms. The number of sulfonamides is 1. The van der Waals surface area contributed by atoms with Gasteiger partial charge in [0.1, 0.15) is 6.61 Å². The molecule has 2 aromatic carbocycles. The fraction of sp³-hybridized carbons (Fsp3) is 0.440. The van der Waals surface area contributed by atoms with Crippen LogP contribution in [0.5, 0.6) is 0 Å². The zero-order chi connectivity index (χ0) is 24.0. The van der Waals surface area contributed by atoms with Crippen molar-refractivity contribution in [3.8, 4) is 11.1 Å². The van der Waals surface area contributed by atoms with Crippen molar-refractivity contribution >= 4 is 21.9 Å². The number of hydrogen-bond donors (Lipinski definition) is 0. The van der Waals surface area contributed by atoms with Crippen molar-refractivity contribution in [2.75, 3.05) is 26.2 Å². The van der Waals surface area contributed by atoms with Crippen LogP contribution in [0, 0.1) is 0 Å². The van der Waals surface area contributed by atoms with E-state index < -0.39 is 21.9 Å². The smallest absolute Gasteiger partial charge is 0.302 e. The number of ether oxygens (including phenoxy) is 1. The van der Waals surface area contributed by atoms with E-state index in [4.69, 9.17) is 4.74 Å². The Morgan fingerprint density at radius 1 is 1.03 bits per heavy atom. The molecule has 0 radical (unpaired) electrons. The minimum atomic E-state index is -4.04. The number of benzene rings is 2. The van der Waals surface area contributed by atoms with Crippen molar-refractivity contribution in [3.63, 3.8) is 0 Å². The summed E-state index contributed by atoms with van der Waals surface area (Å²) in [6, 6.07) is 15.5.